The topological polar surface area (TPSA) is 52.5 Å². The standard InChI is InChI=1S/C20H17BrClNO2/c21-14-5-1-13(2-6-14)18(23-20(9-10-20)19(24)25)17-11-16(17)12-3-7-15(22)8-4-12/h1-8,16-17H,9-11H2,(H,24,25)/p-1. The van der Waals surface area contributed by atoms with Gasteiger partial charge >= 0.3 is 0 Å². The molecule has 0 saturated heterocycles. The number of halogens is 2. The summed E-state index contributed by atoms with van der Waals surface area (Å²) in [6.07, 6.45) is 2.10. The molecular weight excluding hydrogens is 402 g/mol. The van der Waals surface area contributed by atoms with Gasteiger partial charge in [0.15, 0.2) is 0 Å². The number of rotatable bonds is 5. The fourth-order valence-corrected chi connectivity index (χ4v) is 3.66. The number of carboxylic acids is 1. The zero-order valence-electron chi connectivity index (χ0n) is 13.4. The van der Waals surface area contributed by atoms with Gasteiger partial charge in [-0.3, -0.25) is 4.99 Å². The molecule has 0 N–H and O–H groups in total. The molecule has 2 atom stereocenters. The monoisotopic (exact) mass is 416 g/mol. The van der Waals surface area contributed by atoms with Crippen LogP contribution in [0, 0.1) is 5.92 Å². The van der Waals surface area contributed by atoms with Crippen molar-refractivity contribution >= 4 is 39.2 Å². The van der Waals surface area contributed by atoms with Crippen molar-refractivity contribution in [1.29, 1.82) is 0 Å². The molecule has 2 aromatic carbocycles. The molecule has 5 heteroatoms. The molecule has 0 amide bonds. The van der Waals surface area contributed by atoms with Crippen LogP contribution in [0.25, 0.3) is 0 Å². The van der Waals surface area contributed by atoms with Gasteiger partial charge in [0.1, 0.15) is 5.54 Å². The molecule has 0 bridgehead atoms. The van der Waals surface area contributed by atoms with Gasteiger partial charge in [0, 0.05) is 21.1 Å². The Labute approximate surface area is 159 Å². The molecule has 2 unspecified atom stereocenters. The Kier molecular flexibility index (Phi) is 4.20. The Balaban J connectivity index is 1.67. The van der Waals surface area contributed by atoms with Gasteiger partial charge in [-0.1, -0.05) is 51.8 Å². The van der Waals surface area contributed by atoms with Crippen LogP contribution in [-0.4, -0.2) is 17.2 Å². The van der Waals surface area contributed by atoms with E-state index in [0.29, 0.717) is 18.8 Å². The van der Waals surface area contributed by atoms with Crippen LogP contribution in [-0.2, 0) is 4.79 Å². The first kappa shape index (κ1) is 16.8. The highest BCUT2D eigenvalue weighted by atomic mass is 79.9. The summed E-state index contributed by atoms with van der Waals surface area (Å²) in [4.78, 5) is 16.2. The van der Waals surface area contributed by atoms with Gasteiger partial charge < -0.3 is 9.90 Å². The van der Waals surface area contributed by atoms with E-state index >= 15 is 0 Å². The summed E-state index contributed by atoms with van der Waals surface area (Å²) in [5.41, 5.74) is 2.07. The molecule has 0 radical (unpaired) electrons. The van der Waals surface area contributed by atoms with Gasteiger partial charge in [-0.2, -0.15) is 0 Å². The molecule has 3 nitrogen and oxygen atoms in total. The van der Waals surface area contributed by atoms with E-state index in [2.05, 4.69) is 20.9 Å². The quantitative estimate of drug-likeness (QED) is 0.691. The molecular formula is C20H16BrClNO2-. The number of carbonyl (C=O) groups is 1. The van der Waals surface area contributed by atoms with Crippen LogP contribution in [0.4, 0.5) is 0 Å². The van der Waals surface area contributed by atoms with Crippen molar-refractivity contribution in [2.24, 2.45) is 10.9 Å². The summed E-state index contributed by atoms with van der Waals surface area (Å²) in [5, 5.41) is 12.2. The molecule has 2 saturated carbocycles. The molecule has 2 aromatic rings. The maximum atomic E-state index is 11.5. The Morgan fingerprint density at radius 3 is 2.32 bits per heavy atom. The summed E-state index contributed by atoms with van der Waals surface area (Å²) >= 11 is 9.42. The SMILES string of the molecule is O=C([O-])C1(N=C(c2ccc(Br)cc2)C2CC2c2ccc(Cl)cc2)CC1. The van der Waals surface area contributed by atoms with Crippen LogP contribution in [0.3, 0.4) is 0 Å². The number of carboxylic acid groups (broad SMARTS) is 1. The highest BCUT2D eigenvalue weighted by Crippen LogP contribution is 2.51. The third-order valence-corrected chi connectivity index (χ3v) is 5.80. The number of hydrogen-bond acceptors (Lipinski definition) is 3. The van der Waals surface area contributed by atoms with E-state index in [1.165, 1.54) is 5.56 Å². The number of hydrogen-bond donors (Lipinski definition) is 0. The summed E-state index contributed by atoms with van der Waals surface area (Å²) in [7, 11) is 0. The number of carbonyl (C=O) groups excluding carboxylic acids is 1. The zero-order valence-corrected chi connectivity index (χ0v) is 15.8. The second-order valence-electron chi connectivity index (χ2n) is 6.82. The van der Waals surface area contributed by atoms with Gasteiger partial charge in [0.05, 0.1) is 5.97 Å². The van der Waals surface area contributed by atoms with Crippen molar-refractivity contribution in [3.05, 3.63) is 69.2 Å². The van der Waals surface area contributed by atoms with E-state index in [-0.39, 0.29) is 5.92 Å². The van der Waals surface area contributed by atoms with E-state index in [4.69, 9.17) is 11.6 Å². The van der Waals surface area contributed by atoms with Gasteiger partial charge in [-0.15, -0.1) is 0 Å². The average Bonchev–Trinajstić information content (AvgIpc) is 3.49. The van der Waals surface area contributed by atoms with Crippen molar-refractivity contribution in [3.8, 4) is 0 Å². The first-order valence-corrected chi connectivity index (χ1v) is 9.48. The van der Waals surface area contributed by atoms with Crippen LogP contribution in [0.2, 0.25) is 5.02 Å². The van der Waals surface area contributed by atoms with E-state index in [1.807, 2.05) is 48.5 Å². The maximum absolute atomic E-state index is 11.5. The second-order valence-corrected chi connectivity index (χ2v) is 8.18. The lowest BCUT2D eigenvalue weighted by molar-refractivity contribution is -0.308. The fourth-order valence-electron chi connectivity index (χ4n) is 3.27. The number of nitrogens with zero attached hydrogens (tertiary/aromatic N) is 1. The fraction of sp³-hybridized carbons (Fsp3) is 0.300. The first-order chi connectivity index (χ1) is 12.0. The minimum absolute atomic E-state index is 0.235. The molecule has 0 heterocycles. The lowest BCUT2D eigenvalue weighted by atomic mass is 10.0. The Hall–Kier alpha value is -1.65. The maximum Gasteiger partial charge on any atom is 0.100 e. The summed E-state index contributed by atoms with van der Waals surface area (Å²) < 4.78 is 0.988. The molecule has 4 rings (SSSR count). The van der Waals surface area contributed by atoms with Gasteiger partial charge in [-0.25, -0.2) is 0 Å². The largest absolute Gasteiger partial charge is 0.547 e. The van der Waals surface area contributed by atoms with Crippen molar-refractivity contribution < 1.29 is 9.90 Å². The smallest absolute Gasteiger partial charge is 0.100 e. The van der Waals surface area contributed by atoms with Crippen molar-refractivity contribution in [1.82, 2.24) is 0 Å². The average molecular weight is 418 g/mol. The Bertz CT molecular complexity index is 841. The lowest BCUT2D eigenvalue weighted by Gasteiger charge is -2.15. The van der Waals surface area contributed by atoms with Crippen LogP contribution >= 0.6 is 27.5 Å². The van der Waals surface area contributed by atoms with E-state index in [9.17, 15) is 9.90 Å². The molecule has 2 aliphatic carbocycles. The molecule has 0 spiro atoms. The number of aliphatic carboxylic acids is 1. The molecule has 25 heavy (non-hydrogen) atoms. The van der Waals surface area contributed by atoms with E-state index in [0.717, 1.165) is 27.2 Å². The van der Waals surface area contributed by atoms with E-state index < -0.39 is 11.5 Å². The minimum atomic E-state index is -1.06. The van der Waals surface area contributed by atoms with Crippen LogP contribution < -0.4 is 5.11 Å². The Morgan fingerprint density at radius 1 is 1.12 bits per heavy atom. The third kappa shape index (κ3) is 3.38. The van der Waals surface area contributed by atoms with Crippen LogP contribution in [0.15, 0.2) is 58.0 Å². The van der Waals surface area contributed by atoms with Crippen LogP contribution in [0.1, 0.15) is 36.3 Å². The number of benzene rings is 2. The van der Waals surface area contributed by atoms with Crippen molar-refractivity contribution in [2.45, 2.75) is 30.7 Å². The first-order valence-electron chi connectivity index (χ1n) is 8.31. The Morgan fingerprint density at radius 2 is 1.76 bits per heavy atom. The minimum Gasteiger partial charge on any atom is -0.547 e. The zero-order chi connectivity index (χ0) is 17.6. The molecule has 2 aliphatic rings. The summed E-state index contributed by atoms with van der Waals surface area (Å²) in [6.45, 7) is 0. The summed E-state index contributed by atoms with van der Waals surface area (Å²) in [6, 6.07) is 15.8. The van der Waals surface area contributed by atoms with E-state index in [1.54, 1.807) is 0 Å². The van der Waals surface area contributed by atoms with Gasteiger partial charge in [0.2, 0.25) is 0 Å². The normalized spacial score (nSPS) is 24.0. The lowest BCUT2D eigenvalue weighted by Crippen LogP contribution is -2.37. The molecule has 0 aromatic heterocycles. The predicted molar refractivity (Wildman–Crippen MR) is 100.0 cm³/mol. The van der Waals surface area contributed by atoms with Gasteiger partial charge in [-0.05, 0) is 60.6 Å². The molecule has 2 fully saturated rings. The highest BCUT2D eigenvalue weighted by molar-refractivity contribution is 9.10. The predicted octanol–water partition coefficient (Wildman–Crippen LogP) is 3.98. The van der Waals surface area contributed by atoms with Crippen LogP contribution in [0.5, 0.6) is 0 Å². The second kappa shape index (κ2) is 6.26. The third-order valence-electron chi connectivity index (χ3n) is 5.02. The molecule has 128 valence electrons. The van der Waals surface area contributed by atoms with Crippen molar-refractivity contribution in [3.63, 3.8) is 0 Å². The highest BCUT2D eigenvalue weighted by Gasteiger charge is 2.48. The summed E-state index contributed by atoms with van der Waals surface area (Å²) in [5.74, 6) is -0.470. The van der Waals surface area contributed by atoms with Gasteiger partial charge in [0.25, 0.3) is 0 Å². The van der Waals surface area contributed by atoms with Crippen molar-refractivity contribution in [2.75, 3.05) is 0 Å². The molecule has 0 aliphatic heterocycles. The number of aliphatic imine (C=N–C) groups is 1.